The van der Waals surface area contributed by atoms with Crippen LogP contribution in [0.4, 0.5) is 0 Å². The van der Waals surface area contributed by atoms with Crippen LogP contribution >= 0.6 is 11.8 Å². The number of aliphatic hydroxyl groups excluding tert-OH is 1. The van der Waals surface area contributed by atoms with Gasteiger partial charge in [-0.05, 0) is 13.8 Å². The highest BCUT2D eigenvalue weighted by atomic mass is 32.2. The van der Waals surface area contributed by atoms with Gasteiger partial charge in [0, 0.05) is 4.75 Å². The zero-order valence-corrected chi connectivity index (χ0v) is 10.6. The second-order valence-electron chi connectivity index (χ2n) is 4.62. The van der Waals surface area contributed by atoms with Crippen molar-refractivity contribution < 1.29 is 19.4 Å². The van der Waals surface area contributed by atoms with Crippen LogP contribution in [0, 0.1) is 0 Å². The number of β-lactam (4-membered cyclic amide) rings is 1. The number of rotatable bonds is 3. The minimum absolute atomic E-state index is 0.130. The average Bonchev–Trinajstić information content (AvgIpc) is 2.54. The first-order valence-electron chi connectivity index (χ1n) is 5.35. The molecular formula is C11H15NO4S. The van der Waals surface area contributed by atoms with E-state index in [1.165, 1.54) is 22.7 Å². The molecule has 0 aromatic heterocycles. The molecule has 0 radical (unpaired) electrons. The molecule has 2 fully saturated rings. The molecule has 5 nitrogen and oxygen atoms in total. The summed E-state index contributed by atoms with van der Waals surface area (Å²) in [6, 6.07) is -0.631. The molecule has 0 aromatic carbocycles. The van der Waals surface area contributed by atoms with E-state index in [9.17, 15) is 14.7 Å². The number of amides is 1. The molecule has 0 bridgehead atoms. The Labute approximate surface area is 104 Å². The smallest absolute Gasteiger partial charge is 0.330 e. The molecule has 1 N–H and O–H groups in total. The summed E-state index contributed by atoms with van der Waals surface area (Å²) in [5.74, 6) is -0.834. The number of hydrogen-bond acceptors (Lipinski definition) is 5. The van der Waals surface area contributed by atoms with Crippen molar-refractivity contribution in [2.24, 2.45) is 0 Å². The van der Waals surface area contributed by atoms with Crippen LogP contribution in [-0.4, -0.2) is 50.8 Å². The van der Waals surface area contributed by atoms with Crippen LogP contribution < -0.4 is 0 Å². The van der Waals surface area contributed by atoms with E-state index < -0.39 is 28.8 Å². The van der Waals surface area contributed by atoms with Crippen LogP contribution in [0.25, 0.3) is 0 Å². The fourth-order valence-corrected chi connectivity index (χ4v) is 3.74. The first-order chi connectivity index (χ1) is 7.90. The van der Waals surface area contributed by atoms with Gasteiger partial charge in [-0.2, -0.15) is 0 Å². The molecule has 6 heteroatoms. The third-order valence-corrected chi connectivity index (χ3v) is 4.54. The summed E-state index contributed by atoms with van der Waals surface area (Å²) in [5, 5.41) is 9.19. The van der Waals surface area contributed by atoms with Crippen LogP contribution in [0.3, 0.4) is 0 Å². The van der Waals surface area contributed by atoms with Crippen LogP contribution in [-0.2, 0) is 14.3 Å². The molecule has 2 aliphatic rings. The van der Waals surface area contributed by atoms with Gasteiger partial charge in [0.05, 0.1) is 0 Å². The number of thioether (sulfide) groups is 1. The Morgan fingerprint density at radius 1 is 1.71 bits per heavy atom. The van der Waals surface area contributed by atoms with E-state index in [0.717, 1.165) is 0 Å². The van der Waals surface area contributed by atoms with Crippen LogP contribution in [0.5, 0.6) is 0 Å². The van der Waals surface area contributed by atoms with Crippen LogP contribution in [0.15, 0.2) is 12.7 Å². The predicted molar refractivity (Wildman–Crippen MR) is 63.3 cm³/mol. The number of hydrogen-bond donors (Lipinski definition) is 1. The molecule has 2 aliphatic heterocycles. The van der Waals surface area contributed by atoms with Crippen molar-refractivity contribution in [1.82, 2.24) is 4.90 Å². The van der Waals surface area contributed by atoms with Crippen molar-refractivity contribution in [2.75, 3.05) is 6.61 Å². The number of fused-ring (bicyclic) bond motifs is 1. The number of carbonyl (C=O) groups is 2. The van der Waals surface area contributed by atoms with Gasteiger partial charge in [0.15, 0.2) is 6.10 Å². The lowest BCUT2D eigenvalue weighted by Crippen LogP contribution is -2.65. The highest BCUT2D eigenvalue weighted by Gasteiger charge is 2.63. The van der Waals surface area contributed by atoms with E-state index in [2.05, 4.69) is 6.58 Å². The van der Waals surface area contributed by atoms with Gasteiger partial charge >= 0.3 is 5.97 Å². The lowest BCUT2D eigenvalue weighted by atomic mass is 9.97. The molecule has 0 unspecified atom stereocenters. The number of ether oxygens (including phenoxy) is 1. The molecule has 17 heavy (non-hydrogen) atoms. The molecule has 0 aromatic rings. The quantitative estimate of drug-likeness (QED) is 0.442. The Kier molecular flexibility index (Phi) is 2.95. The van der Waals surface area contributed by atoms with Gasteiger partial charge in [-0.3, -0.25) is 4.79 Å². The van der Waals surface area contributed by atoms with Crippen molar-refractivity contribution in [3.8, 4) is 0 Å². The van der Waals surface area contributed by atoms with Crippen LogP contribution in [0.2, 0.25) is 0 Å². The monoisotopic (exact) mass is 257 g/mol. The normalized spacial score (nSPS) is 33.9. The summed E-state index contributed by atoms with van der Waals surface area (Å²) in [4.78, 5) is 24.9. The topological polar surface area (TPSA) is 66.8 Å². The molecule has 2 rings (SSSR count). The molecule has 0 saturated carbocycles. The lowest BCUT2D eigenvalue weighted by molar-refractivity contribution is -0.171. The van der Waals surface area contributed by atoms with E-state index in [1.807, 2.05) is 13.8 Å². The number of carbonyl (C=O) groups excluding carboxylic acids is 2. The Hall–Kier alpha value is -1.01. The highest BCUT2D eigenvalue weighted by Crippen LogP contribution is 2.50. The van der Waals surface area contributed by atoms with Gasteiger partial charge in [0.25, 0.3) is 5.91 Å². The maximum absolute atomic E-state index is 11.9. The summed E-state index contributed by atoms with van der Waals surface area (Å²) < 4.78 is 4.55. The standard InChI is InChI=1S/C11H15NO4S/c1-4-5-16-10(15)7-11(2,3)17-9-6(13)8(14)12(7)9/h4,6-7,9,13H,1,5H2,2-3H3/t6-,7-,9+/m0/s1. The molecule has 1 amide bonds. The van der Waals surface area contributed by atoms with Gasteiger partial charge in [-0.25, -0.2) is 4.79 Å². The third-order valence-electron chi connectivity index (χ3n) is 2.98. The lowest BCUT2D eigenvalue weighted by Gasteiger charge is -2.40. The van der Waals surface area contributed by atoms with Gasteiger partial charge in [-0.1, -0.05) is 12.7 Å². The second-order valence-corrected chi connectivity index (χ2v) is 6.39. The highest BCUT2D eigenvalue weighted by molar-refractivity contribution is 8.01. The fraction of sp³-hybridized carbons (Fsp3) is 0.636. The molecule has 3 atom stereocenters. The van der Waals surface area contributed by atoms with Gasteiger partial charge in [0.2, 0.25) is 0 Å². The Morgan fingerprint density at radius 2 is 2.35 bits per heavy atom. The molecule has 94 valence electrons. The molecule has 2 saturated heterocycles. The fourth-order valence-electron chi connectivity index (χ4n) is 2.19. The second kappa shape index (κ2) is 4.03. The zero-order valence-electron chi connectivity index (χ0n) is 9.75. The van der Waals surface area contributed by atoms with Gasteiger partial charge in [-0.15, -0.1) is 11.8 Å². The molecule has 2 heterocycles. The third kappa shape index (κ3) is 1.75. The first kappa shape index (κ1) is 12.4. The van der Waals surface area contributed by atoms with Crippen molar-refractivity contribution in [1.29, 1.82) is 0 Å². The Bertz CT molecular complexity index is 382. The van der Waals surface area contributed by atoms with Crippen molar-refractivity contribution in [3.05, 3.63) is 12.7 Å². The summed E-state index contributed by atoms with van der Waals surface area (Å²) in [6.07, 6.45) is 0.494. The minimum atomic E-state index is -0.989. The largest absolute Gasteiger partial charge is 0.460 e. The average molecular weight is 257 g/mol. The first-order valence-corrected chi connectivity index (χ1v) is 6.23. The van der Waals surface area contributed by atoms with Crippen molar-refractivity contribution >= 4 is 23.6 Å². The molecule has 0 aliphatic carbocycles. The molecular weight excluding hydrogens is 242 g/mol. The van der Waals surface area contributed by atoms with Gasteiger partial charge < -0.3 is 14.7 Å². The van der Waals surface area contributed by atoms with E-state index in [-0.39, 0.29) is 12.0 Å². The number of esters is 1. The molecule has 0 spiro atoms. The zero-order chi connectivity index (χ0) is 12.8. The SMILES string of the molecule is C=CCOC(=O)[C@@H]1N2C(=O)[C@H](O)[C@H]2SC1(C)C. The Balaban J connectivity index is 2.17. The van der Waals surface area contributed by atoms with E-state index >= 15 is 0 Å². The van der Waals surface area contributed by atoms with E-state index in [4.69, 9.17) is 4.74 Å². The van der Waals surface area contributed by atoms with Crippen molar-refractivity contribution in [2.45, 2.75) is 36.1 Å². The van der Waals surface area contributed by atoms with Crippen molar-refractivity contribution in [3.63, 3.8) is 0 Å². The van der Waals surface area contributed by atoms with E-state index in [1.54, 1.807) is 0 Å². The minimum Gasteiger partial charge on any atom is -0.460 e. The number of nitrogens with zero attached hydrogens (tertiary/aromatic N) is 1. The summed E-state index contributed by atoms with van der Waals surface area (Å²) >= 11 is 1.43. The predicted octanol–water partition coefficient (Wildman–Crippen LogP) is 0.139. The summed E-state index contributed by atoms with van der Waals surface area (Å²) in [6.45, 7) is 7.34. The number of aliphatic hydroxyl groups is 1. The maximum atomic E-state index is 11.9. The van der Waals surface area contributed by atoms with Gasteiger partial charge in [0.1, 0.15) is 18.0 Å². The van der Waals surface area contributed by atoms with E-state index in [0.29, 0.717) is 0 Å². The summed E-state index contributed by atoms with van der Waals surface area (Å²) in [5.41, 5.74) is 0. The Morgan fingerprint density at radius 3 is 2.94 bits per heavy atom. The maximum Gasteiger partial charge on any atom is 0.330 e. The summed E-state index contributed by atoms with van der Waals surface area (Å²) in [7, 11) is 0. The van der Waals surface area contributed by atoms with Crippen LogP contribution in [0.1, 0.15) is 13.8 Å².